The fourth-order valence-electron chi connectivity index (χ4n) is 1.62. The summed E-state index contributed by atoms with van der Waals surface area (Å²) in [6, 6.07) is 8.57. The van der Waals surface area contributed by atoms with E-state index in [1.807, 2.05) is 7.05 Å². The monoisotopic (exact) mass is 343 g/mol. The topological polar surface area (TPSA) is 12.0 Å². The third kappa shape index (κ3) is 6.22. The van der Waals surface area contributed by atoms with Crippen molar-refractivity contribution in [2.75, 3.05) is 7.05 Å². The van der Waals surface area contributed by atoms with Crippen molar-refractivity contribution in [2.45, 2.75) is 38.6 Å². The van der Waals surface area contributed by atoms with Crippen molar-refractivity contribution in [3.8, 4) is 0 Å². The minimum atomic E-state index is 0.260. The van der Waals surface area contributed by atoms with Crippen molar-refractivity contribution in [1.29, 1.82) is 0 Å². The summed E-state index contributed by atoms with van der Waals surface area (Å²) in [5, 5.41) is 3.33. The highest BCUT2D eigenvalue weighted by molar-refractivity contribution is 14.1. The molecule has 0 aliphatic rings. The first-order chi connectivity index (χ1) is 8.03. The van der Waals surface area contributed by atoms with Gasteiger partial charge >= 0.3 is 0 Å². The Bertz CT molecular complexity index is 369. The Morgan fingerprint density at radius 1 is 1.35 bits per heavy atom. The highest BCUT2D eigenvalue weighted by Crippen LogP contribution is 2.14. The molecule has 0 radical (unpaired) electrons. The van der Waals surface area contributed by atoms with Crippen LogP contribution in [-0.2, 0) is 0 Å². The summed E-state index contributed by atoms with van der Waals surface area (Å²) in [6.07, 6.45) is 8.08. The molecule has 0 aliphatic carbocycles. The summed E-state index contributed by atoms with van der Waals surface area (Å²) in [5.41, 5.74) is 1.56. The standard InChI is InChI=1S/C15H22IN/c1-15(2,17-3)11-6-4-5-8-13-9-7-10-14(16)12-13/h5,7-10,12,17H,4,6,11H2,1-3H3/b8-5+. The average Bonchev–Trinajstić information content (AvgIpc) is 2.29. The fourth-order valence-corrected chi connectivity index (χ4v) is 2.18. The zero-order valence-corrected chi connectivity index (χ0v) is 13.1. The Morgan fingerprint density at radius 3 is 2.76 bits per heavy atom. The predicted molar refractivity (Wildman–Crippen MR) is 85.2 cm³/mol. The van der Waals surface area contributed by atoms with E-state index in [9.17, 15) is 0 Å². The Morgan fingerprint density at radius 2 is 2.12 bits per heavy atom. The van der Waals surface area contributed by atoms with Crippen molar-refractivity contribution in [1.82, 2.24) is 5.32 Å². The van der Waals surface area contributed by atoms with E-state index in [0.717, 1.165) is 6.42 Å². The van der Waals surface area contributed by atoms with E-state index in [4.69, 9.17) is 0 Å². The van der Waals surface area contributed by atoms with Crippen LogP contribution in [0.1, 0.15) is 38.7 Å². The first kappa shape index (κ1) is 14.7. The summed E-state index contributed by atoms with van der Waals surface area (Å²) < 4.78 is 1.29. The molecule has 0 aliphatic heterocycles. The van der Waals surface area contributed by atoms with E-state index in [0.29, 0.717) is 0 Å². The lowest BCUT2D eigenvalue weighted by Crippen LogP contribution is -2.35. The van der Waals surface area contributed by atoms with E-state index in [2.05, 4.69) is 78.2 Å². The van der Waals surface area contributed by atoms with Gasteiger partial charge in [-0.2, -0.15) is 0 Å². The number of halogens is 1. The van der Waals surface area contributed by atoms with Crippen LogP contribution in [0.2, 0.25) is 0 Å². The summed E-state index contributed by atoms with van der Waals surface area (Å²) in [5.74, 6) is 0. The molecule has 1 N–H and O–H groups in total. The third-order valence-electron chi connectivity index (χ3n) is 3.01. The van der Waals surface area contributed by atoms with Crippen LogP contribution in [0, 0.1) is 3.57 Å². The number of nitrogens with one attached hydrogen (secondary N) is 1. The van der Waals surface area contributed by atoms with Crippen LogP contribution in [0.15, 0.2) is 30.3 Å². The molecule has 1 rings (SSSR count). The number of rotatable bonds is 6. The molecule has 1 aromatic rings. The Kier molecular flexibility index (Phi) is 6.20. The van der Waals surface area contributed by atoms with E-state index in [1.165, 1.54) is 22.0 Å². The van der Waals surface area contributed by atoms with Crippen LogP contribution < -0.4 is 5.32 Å². The van der Waals surface area contributed by atoms with E-state index >= 15 is 0 Å². The molecule has 0 fully saturated rings. The minimum absolute atomic E-state index is 0.260. The number of hydrogen-bond acceptors (Lipinski definition) is 1. The predicted octanol–water partition coefficient (Wildman–Crippen LogP) is 4.47. The van der Waals surface area contributed by atoms with Gasteiger partial charge < -0.3 is 5.32 Å². The molecule has 2 heteroatoms. The van der Waals surface area contributed by atoms with Gasteiger partial charge in [0.1, 0.15) is 0 Å². The molecule has 1 nitrogen and oxygen atoms in total. The van der Waals surface area contributed by atoms with Gasteiger partial charge in [0.15, 0.2) is 0 Å². The van der Waals surface area contributed by atoms with Crippen molar-refractivity contribution in [3.63, 3.8) is 0 Å². The largest absolute Gasteiger partial charge is 0.315 e. The first-order valence-corrected chi connectivity index (χ1v) is 7.22. The lowest BCUT2D eigenvalue weighted by molar-refractivity contribution is 0.383. The van der Waals surface area contributed by atoms with Gasteiger partial charge in [-0.15, -0.1) is 0 Å². The molecule has 0 spiro atoms. The quantitative estimate of drug-likeness (QED) is 0.594. The molecular weight excluding hydrogens is 321 g/mol. The molecule has 0 heterocycles. The highest BCUT2D eigenvalue weighted by Gasteiger charge is 2.12. The Balaban J connectivity index is 2.32. The Labute approximate surface area is 119 Å². The van der Waals surface area contributed by atoms with Gasteiger partial charge in [-0.3, -0.25) is 0 Å². The molecule has 94 valence electrons. The van der Waals surface area contributed by atoms with Gasteiger partial charge in [0.2, 0.25) is 0 Å². The summed E-state index contributed by atoms with van der Waals surface area (Å²) >= 11 is 2.35. The van der Waals surface area contributed by atoms with Gasteiger partial charge in [-0.05, 0) is 80.4 Å². The normalized spacial score (nSPS) is 12.2. The SMILES string of the molecule is CNC(C)(C)CCC/C=C/c1cccc(I)c1. The minimum Gasteiger partial charge on any atom is -0.315 e. The molecule has 0 bridgehead atoms. The number of benzene rings is 1. The molecule has 1 aromatic carbocycles. The van der Waals surface area contributed by atoms with Gasteiger partial charge in [-0.25, -0.2) is 0 Å². The number of hydrogen-bond donors (Lipinski definition) is 1. The van der Waals surface area contributed by atoms with Crippen LogP contribution >= 0.6 is 22.6 Å². The maximum atomic E-state index is 3.33. The van der Waals surface area contributed by atoms with Crippen molar-refractivity contribution in [2.24, 2.45) is 0 Å². The smallest absolute Gasteiger partial charge is 0.0136 e. The third-order valence-corrected chi connectivity index (χ3v) is 3.68. The van der Waals surface area contributed by atoms with Crippen molar-refractivity contribution in [3.05, 3.63) is 39.5 Å². The summed E-state index contributed by atoms with van der Waals surface area (Å²) in [7, 11) is 2.03. The molecular formula is C15H22IN. The number of allylic oxidation sites excluding steroid dienone is 1. The van der Waals surface area contributed by atoms with Crippen LogP contribution in [-0.4, -0.2) is 12.6 Å². The average molecular weight is 343 g/mol. The first-order valence-electron chi connectivity index (χ1n) is 6.14. The molecule has 0 atom stereocenters. The number of unbranched alkanes of at least 4 members (excludes halogenated alkanes) is 1. The van der Waals surface area contributed by atoms with E-state index < -0.39 is 0 Å². The highest BCUT2D eigenvalue weighted by atomic mass is 127. The van der Waals surface area contributed by atoms with Gasteiger partial charge in [0.05, 0.1) is 0 Å². The maximum Gasteiger partial charge on any atom is 0.0136 e. The van der Waals surface area contributed by atoms with E-state index in [-0.39, 0.29) is 5.54 Å². The molecule has 0 aromatic heterocycles. The second kappa shape index (κ2) is 7.17. The fraction of sp³-hybridized carbons (Fsp3) is 0.467. The summed E-state index contributed by atoms with van der Waals surface area (Å²) in [4.78, 5) is 0. The van der Waals surface area contributed by atoms with Gasteiger partial charge in [-0.1, -0.05) is 24.3 Å². The van der Waals surface area contributed by atoms with Crippen LogP contribution in [0.25, 0.3) is 6.08 Å². The molecule has 0 saturated heterocycles. The lowest BCUT2D eigenvalue weighted by atomic mass is 9.97. The zero-order chi connectivity index (χ0) is 12.7. The van der Waals surface area contributed by atoms with Gasteiger partial charge in [0.25, 0.3) is 0 Å². The second-order valence-corrected chi connectivity index (χ2v) is 6.23. The maximum absolute atomic E-state index is 3.33. The van der Waals surface area contributed by atoms with Gasteiger partial charge in [0, 0.05) is 9.11 Å². The lowest BCUT2D eigenvalue weighted by Gasteiger charge is -2.23. The van der Waals surface area contributed by atoms with Crippen LogP contribution in [0.3, 0.4) is 0 Å². The molecule has 0 saturated carbocycles. The Hall–Kier alpha value is -0.350. The van der Waals surface area contributed by atoms with Crippen LogP contribution in [0.4, 0.5) is 0 Å². The zero-order valence-electron chi connectivity index (χ0n) is 11.0. The van der Waals surface area contributed by atoms with Crippen molar-refractivity contribution >= 4 is 28.7 Å². The van der Waals surface area contributed by atoms with E-state index in [1.54, 1.807) is 0 Å². The van der Waals surface area contributed by atoms with Crippen molar-refractivity contribution < 1.29 is 0 Å². The van der Waals surface area contributed by atoms with Crippen LogP contribution in [0.5, 0.6) is 0 Å². The molecule has 0 amide bonds. The summed E-state index contributed by atoms with van der Waals surface area (Å²) in [6.45, 7) is 4.49. The molecule has 17 heavy (non-hydrogen) atoms. The molecule has 0 unspecified atom stereocenters. The second-order valence-electron chi connectivity index (χ2n) is 4.98.